The van der Waals surface area contributed by atoms with Crippen LogP contribution in [0.5, 0.6) is 0 Å². The maximum atomic E-state index is 12.2. The highest BCUT2D eigenvalue weighted by atomic mass is 16.5. The molecule has 1 N–H and O–H groups in total. The number of ketones is 1. The van der Waals surface area contributed by atoms with Crippen molar-refractivity contribution in [1.29, 1.82) is 0 Å². The van der Waals surface area contributed by atoms with Crippen LogP contribution in [0.25, 0.3) is 0 Å². The second kappa shape index (κ2) is 3.04. The lowest BCUT2D eigenvalue weighted by Gasteiger charge is -2.37. The van der Waals surface area contributed by atoms with Gasteiger partial charge in [0.15, 0.2) is 5.78 Å². The minimum atomic E-state index is -0.956. The van der Waals surface area contributed by atoms with E-state index < -0.39 is 22.9 Å². The molecule has 2 rings (SSSR count). The van der Waals surface area contributed by atoms with Crippen LogP contribution in [0.4, 0.5) is 0 Å². The Morgan fingerprint density at radius 2 is 2.13 bits per heavy atom. The zero-order valence-corrected chi connectivity index (χ0v) is 9.08. The summed E-state index contributed by atoms with van der Waals surface area (Å²) in [6, 6.07) is 0. The van der Waals surface area contributed by atoms with Crippen LogP contribution < -0.4 is 0 Å². The van der Waals surface area contributed by atoms with Crippen molar-refractivity contribution in [2.24, 2.45) is 10.8 Å². The van der Waals surface area contributed by atoms with Crippen LogP contribution in [0, 0.1) is 10.8 Å². The summed E-state index contributed by atoms with van der Waals surface area (Å²) in [5.41, 5.74) is -1.69. The summed E-state index contributed by atoms with van der Waals surface area (Å²) in [6.45, 7) is 1.75. The van der Waals surface area contributed by atoms with E-state index in [4.69, 9.17) is 4.74 Å². The predicted molar refractivity (Wildman–Crippen MR) is 52.0 cm³/mol. The summed E-state index contributed by atoms with van der Waals surface area (Å²) in [4.78, 5) is 23.9. The number of aliphatic hydroxyl groups excluding tert-OH is 1. The molecular formula is C11H16O4. The number of Topliss-reactive ketones (excluding diaryl/α,β-unsaturated/α-hetero) is 1. The first-order chi connectivity index (χ1) is 6.97. The number of aliphatic hydroxyl groups is 1. The average molecular weight is 212 g/mol. The van der Waals surface area contributed by atoms with Gasteiger partial charge in [-0.05, 0) is 25.7 Å². The molecule has 2 aliphatic rings. The van der Waals surface area contributed by atoms with Crippen molar-refractivity contribution >= 4 is 11.8 Å². The molecule has 2 saturated carbocycles. The monoisotopic (exact) mass is 212 g/mol. The summed E-state index contributed by atoms with van der Waals surface area (Å²) < 4.78 is 4.72. The molecule has 3 atom stereocenters. The second-order valence-corrected chi connectivity index (χ2v) is 4.87. The van der Waals surface area contributed by atoms with Gasteiger partial charge in [-0.2, -0.15) is 0 Å². The van der Waals surface area contributed by atoms with E-state index in [2.05, 4.69) is 0 Å². The zero-order chi connectivity index (χ0) is 11.3. The quantitative estimate of drug-likeness (QED) is 0.512. The smallest absolute Gasteiger partial charge is 0.319 e. The number of fused-ring (bicyclic) bond motifs is 2. The highest BCUT2D eigenvalue weighted by Gasteiger charge is 2.64. The van der Waals surface area contributed by atoms with Crippen LogP contribution in [0.3, 0.4) is 0 Å². The topological polar surface area (TPSA) is 63.6 Å². The third-order valence-electron chi connectivity index (χ3n) is 4.18. The molecule has 0 unspecified atom stereocenters. The molecule has 0 aromatic heterocycles. The van der Waals surface area contributed by atoms with Crippen molar-refractivity contribution in [2.75, 3.05) is 7.11 Å². The minimum absolute atomic E-state index is 0.124. The zero-order valence-electron chi connectivity index (χ0n) is 9.08. The molecule has 0 heterocycles. The molecule has 0 spiro atoms. The molecule has 2 fully saturated rings. The van der Waals surface area contributed by atoms with Crippen LogP contribution in [0.15, 0.2) is 0 Å². The Kier molecular flexibility index (Phi) is 2.15. The highest BCUT2D eigenvalue weighted by Crippen LogP contribution is 2.55. The molecule has 2 bridgehead atoms. The van der Waals surface area contributed by atoms with Crippen molar-refractivity contribution in [3.8, 4) is 0 Å². The van der Waals surface area contributed by atoms with Gasteiger partial charge in [0.1, 0.15) is 5.41 Å². The number of ether oxygens (including phenoxy) is 1. The first-order valence-corrected chi connectivity index (χ1v) is 5.29. The van der Waals surface area contributed by atoms with Gasteiger partial charge in [0.05, 0.1) is 18.6 Å². The summed E-state index contributed by atoms with van der Waals surface area (Å²) >= 11 is 0. The molecular weight excluding hydrogens is 196 g/mol. The molecule has 2 aliphatic carbocycles. The lowest BCUT2D eigenvalue weighted by molar-refractivity contribution is -0.164. The molecule has 15 heavy (non-hydrogen) atoms. The van der Waals surface area contributed by atoms with Gasteiger partial charge in [-0.1, -0.05) is 6.92 Å². The van der Waals surface area contributed by atoms with Crippen LogP contribution in [0.1, 0.15) is 32.6 Å². The molecule has 84 valence electrons. The number of esters is 1. The van der Waals surface area contributed by atoms with Gasteiger partial charge in [-0.15, -0.1) is 0 Å². The van der Waals surface area contributed by atoms with E-state index >= 15 is 0 Å². The van der Waals surface area contributed by atoms with Gasteiger partial charge >= 0.3 is 5.97 Å². The Morgan fingerprint density at radius 3 is 2.73 bits per heavy atom. The fourth-order valence-corrected chi connectivity index (χ4v) is 3.00. The summed E-state index contributed by atoms with van der Waals surface area (Å²) in [5, 5.41) is 9.82. The lowest BCUT2D eigenvalue weighted by atomic mass is 9.67. The number of hydrogen-bond donors (Lipinski definition) is 1. The van der Waals surface area contributed by atoms with E-state index in [-0.39, 0.29) is 5.78 Å². The lowest BCUT2D eigenvalue weighted by Crippen LogP contribution is -2.50. The van der Waals surface area contributed by atoms with Gasteiger partial charge in [0.25, 0.3) is 0 Å². The molecule has 4 nitrogen and oxygen atoms in total. The van der Waals surface area contributed by atoms with E-state index in [0.717, 1.165) is 0 Å². The first kappa shape index (κ1) is 10.6. The van der Waals surface area contributed by atoms with Crippen molar-refractivity contribution in [3.05, 3.63) is 0 Å². The average Bonchev–Trinajstić information content (AvgIpc) is 2.41. The number of carbonyl (C=O) groups is 2. The number of methoxy groups -OCH3 is 1. The van der Waals surface area contributed by atoms with Gasteiger partial charge < -0.3 is 9.84 Å². The largest absolute Gasteiger partial charge is 0.468 e. The first-order valence-electron chi connectivity index (χ1n) is 5.29. The Bertz CT molecular complexity index is 321. The molecule has 4 heteroatoms. The Balaban J connectivity index is 2.40. The van der Waals surface area contributed by atoms with Gasteiger partial charge in [-0.25, -0.2) is 0 Å². The molecule has 0 saturated heterocycles. The van der Waals surface area contributed by atoms with Crippen LogP contribution >= 0.6 is 0 Å². The fourth-order valence-electron chi connectivity index (χ4n) is 3.00. The van der Waals surface area contributed by atoms with E-state index in [1.165, 1.54) is 7.11 Å². The Hall–Kier alpha value is -0.900. The summed E-state index contributed by atoms with van der Waals surface area (Å²) in [7, 11) is 1.31. The number of hydrogen-bond acceptors (Lipinski definition) is 4. The van der Waals surface area contributed by atoms with E-state index in [1.54, 1.807) is 6.92 Å². The van der Waals surface area contributed by atoms with Crippen molar-refractivity contribution in [1.82, 2.24) is 0 Å². The van der Waals surface area contributed by atoms with Crippen molar-refractivity contribution in [3.63, 3.8) is 0 Å². The fraction of sp³-hybridized carbons (Fsp3) is 0.818. The van der Waals surface area contributed by atoms with Crippen molar-refractivity contribution in [2.45, 2.75) is 38.7 Å². The second-order valence-electron chi connectivity index (χ2n) is 4.87. The Morgan fingerprint density at radius 1 is 1.47 bits per heavy atom. The van der Waals surface area contributed by atoms with E-state index in [9.17, 15) is 14.7 Å². The maximum absolute atomic E-state index is 12.2. The van der Waals surface area contributed by atoms with E-state index in [1.807, 2.05) is 0 Å². The van der Waals surface area contributed by atoms with E-state index in [0.29, 0.717) is 25.7 Å². The SMILES string of the molecule is COC(=O)[C@@]12CC[C@@H](O)[C@@](C)(CC1)C2=O. The minimum Gasteiger partial charge on any atom is -0.468 e. The standard InChI is InChI=1S/C11H16O4/c1-10-5-6-11(8(10)13,9(14)15-2)4-3-7(10)12/h7,12H,3-6H2,1-2H3/t7-,10-,11+/m1/s1. The normalized spacial score (nSPS) is 44.2. The van der Waals surface area contributed by atoms with Gasteiger partial charge in [-0.3, -0.25) is 9.59 Å². The molecule has 0 amide bonds. The summed E-state index contributed by atoms with van der Waals surface area (Å²) in [5.74, 6) is -0.552. The Labute approximate surface area is 88.6 Å². The third kappa shape index (κ3) is 1.11. The summed E-state index contributed by atoms with van der Waals surface area (Å²) in [6.07, 6.45) is 1.44. The number of rotatable bonds is 1. The molecule has 0 radical (unpaired) electrons. The highest BCUT2D eigenvalue weighted by molar-refractivity contribution is 6.08. The maximum Gasteiger partial charge on any atom is 0.319 e. The predicted octanol–water partition coefficient (Wildman–Crippen LogP) is 0.670. The number of carbonyl (C=O) groups excluding carboxylic acids is 2. The van der Waals surface area contributed by atoms with Crippen LogP contribution in [-0.4, -0.2) is 30.1 Å². The van der Waals surface area contributed by atoms with Crippen LogP contribution in [0.2, 0.25) is 0 Å². The van der Waals surface area contributed by atoms with Gasteiger partial charge in [0.2, 0.25) is 0 Å². The molecule has 0 aromatic rings. The molecule has 0 aliphatic heterocycles. The third-order valence-corrected chi connectivity index (χ3v) is 4.18. The van der Waals surface area contributed by atoms with Gasteiger partial charge in [0, 0.05) is 0 Å². The van der Waals surface area contributed by atoms with Crippen LogP contribution in [-0.2, 0) is 14.3 Å². The molecule has 0 aromatic carbocycles. The van der Waals surface area contributed by atoms with Crippen molar-refractivity contribution < 1.29 is 19.4 Å².